The fourth-order valence-corrected chi connectivity index (χ4v) is 10.1. The van der Waals surface area contributed by atoms with Crippen molar-refractivity contribution < 1.29 is 0 Å². The summed E-state index contributed by atoms with van der Waals surface area (Å²) in [7, 11) is 0. The zero-order chi connectivity index (χ0) is 41.7. The van der Waals surface area contributed by atoms with Crippen molar-refractivity contribution in [2.75, 3.05) is 4.90 Å². The summed E-state index contributed by atoms with van der Waals surface area (Å²) in [6.07, 6.45) is 0. The molecule has 0 saturated carbocycles. The second-order valence-electron chi connectivity index (χ2n) is 15.6. The zero-order valence-electron chi connectivity index (χ0n) is 34.0. The molecule has 3 heterocycles. The molecule has 9 aromatic carbocycles. The lowest BCUT2D eigenvalue weighted by molar-refractivity contribution is 1.07. The number of rotatable bonds is 8. The highest BCUT2D eigenvalue weighted by molar-refractivity contribution is 7.26. The van der Waals surface area contributed by atoms with Crippen molar-refractivity contribution in [3.63, 3.8) is 0 Å². The third-order valence-corrected chi connectivity index (χ3v) is 13.1. The van der Waals surface area contributed by atoms with Crippen LogP contribution in [0.5, 0.6) is 0 Å². The summed E-state index contributed by atoms with van der Waals surface area (Å²) in [4.78, 5) is 17.3. The van der Waals surface area contributed by atoms with Crippen LogP contribution in [-0.4, -0.2) is 19.5 Å². The smallest absolute Gasteiger partial charge is 0.164 e. The van der Waals surface area contributed by atoms with Gasteiger partial charge in [-0.1, -0.05) is 158 Å². The van der Waals surface area contributed by atoms with Crippen molar-refractivity contribution in [3.05, 3.63) is 224 Å². The largest absolute Gasteiger partial charge is 0.309 e. The molecule has 0 unspecified atom stereocenters. The number of hydrogen-bond acceptors (Lipinski definition) is 5. The lowest BCUT2D eigenvalue weighted by Crippen LogP contribution is -2.09. The summed E-state index contributed by atoms with van der Waals surface area (Å²) in [5.74, 6) is 1.92. The Hall–Kier alpha value is -8.19. The number of fused-ring (bicyclic) bond motifs is 6. The van der Waals surface area contributed by atoms with Crippen molar-refractivity contribution >= 4 is 70.4 Å². The van der Waals surface area contributed by atoms with Crippen LogP contribution in [0.25, 0.3) is 93.0 Å². The van der Waals surface area contributed by atoms with Crippen molar-refractivity contribution in [2.45, 2.75) is 0 Å². The fourth-order valence-electron chi connectivity index (χ4n) is 8.92. The summed E-state index contributed by atoms with van der Waals surface area (Å²) >= 11 is 1.85. The van der Waals surface area contributed by atoms with E-state index in [4.69, 9.17) is 15.0 Å². The average molecular weight is 824 g/mol. The first-order chi connectivity index (χ1) is 31.2. The second-order valence-corrected chi connectivity index (χ2v) is 16.7. The number of aromatic nitrogens is 4. The van der Waals surface area contributed by atoms with Crippen molar-refractivity contribution in [3.8, 4) is 51.0 Å². The third-order valence-electron chi connectivity index (χ3n) is 11.9. The molecule has 0 N–H and O–H groups in total. The van der Waals surface area contributed by atoms with Crippen LogP contribution >= 0.6 is 11.3 Å². The van der Waals surface area contributed by atoms with Crippen LogP contribution in [0.15, 0.2) is 224 Å². The lowest BCUT2D eigenvalue weighted by atomic mass is 10.0. The van der Waals surface area contributed by atoms with Gasteiger partial charge in [-0.15, -0.1) is 11.3 Å². The molecular formula is C57H37N5S. The van der Waals surface area contributed by atoms with Crippen LogP contribution < -0.4 is 4.90 Å². The van der Waals surface area contributed by atoms with E-state index >= 15 is 0 Å². The van der Waals surface area contributed by atoms with Gasteiger partial charge < -0.3 is 9.47 Å². The molecule has 12 rings (SSSR count). The van der Waals surface area contributed by atoms with E-state index in [9.17, 15) is 0 Å². The van der Waals surface area contributed by atoms with Crippen LogP contribution in [0.2, 0.25) is 0 Å². The molecule has 0 bridgehead atoms. The summed E-state index contributed by atoms with van der Waals surface area (Å²) < 4.78 is 4.96. The SMILES string of the molecule is c1ccc(-c2nc(-c3ccccc3)nc(-c3ccc(-n4c5ccccc5c5cccc(-c6ccc(N(c7ccccc7)c7cccc8c7sc7ccccc78)cc6)c54)cc3)n2)cc1. The van der Waals surface area contributed by atoms with Gasteiger partial charge in [0.25, 0.3) is 0 Å². The summed E-state index contributed by atoms with van der Waals surface area (Å²) in [5, 5.41) is 4.98. The van der Waals surface area contributed by atoms with Gasteiger partial charge in [0.05, 0.1) is 21.4 Å². The fraction of sp³-hybridized carbons (Fsp3) is 0. The number of anilines is 3. The number of benzene rings is 9. The molecule has 63 heavy (non-hydrogen) atoms. The van der Waals surface area contributed by atoms with Crippen LogP contribution in [0.1, 0.15) is 0 Å². The standard InChI is InChI=1S/C57H37N5S/c1-4-16-39(17-5-1)55-58-56(40-18-6-2-7-19-40)60-57(59-55)41-32-36-44(37-33-41)62-50-27-12-10-22-46(50)48-25-14-24-45(53(48)62)38-30-34-43(35-31-38)61(42-20-8-3-9-21-42)51-28-15-26-49-47-23-11-13-29-52(47)63-54(49)51/h1-37H. The quantitative estimate of drug-likeness (QED) is 0.153. The van der Waals surface area contributed by atoms with Gasteiger partial charge >= 0.3 is 0 Å². The van der Waals surface area contributed by atoms with Gasteiger partial charge in [0, 0.05) is 65.6 Å². The molecule has 0 amide bonds. The Morgan fingerprint density at radius 3 is 1.56 bits per heavy atom. The lowest BCUT2D eigenvalue weighted by Gasteiger charge is -2.26. The second kappa shape index (κ2) is 15.4. The molecule has 0 spiro atoms. The highest BCUT2D eigenvalue weighted by atomic mass is 32.1. The Kier molecular flexibility index (Phi) is 8.94. The third kappa shape index (κ3) is 6.44. The minimum atomic E-state index is 0.630. The van der Waals surface area contributed by atoms with E-state index in [0.29, 0.717) is 17.5 Å². The molecule has 0 radical (unpaired) electrons. The first kappa shape index (κ1) is 36.6. The monoisotopic (exact) mass is 823 g/mol. The molecule has 0 aliphatic carbocycles. The van der Waals surface area contributed by atoms with E-state index in [-0.39, 0.29) is 0 Å². The number of para-hydroxylation sites is 3. The van der Waals surface area contributed by atoms with E-state index in [1.807, 2.05) is 72.0 Å². The molecule has 0 atom stereocenters. The predicted molar refractivity (Wildman–Crippen MR) is 263 cm³/mol. The number of thiophene rings is 1. The molecular weight excluding hydrogens is 787 g/mol. The molecule has 3 aromatic heterocycles. The molecule has 296 valence electrons. The van der Waals surface area contributed by atoms with Gasteiger partial charge in [-0.3, -0.25) is 0 Å². The Balaban J connectivity index is 0.968. The van der Waals surface area contributed by atoms with E-state index in [0.717, 1.165) is 55.9 Å². The van der Waals surface area contributed by atoms with Gasteiger partial charge in [-0.05, 0) is 72.3 Å². The topological polar surface area (TPSA) is 46.8 Å². The Morgan fingerprint density at radius 2 is 0.873 bits per heavy atom. The Bertz CT molecular complexity index is 3540. The highest BCUT2D eigenvalue weighted by Crippen LogP contribution is 2.45. The normalized spacial score (nSPS) is 11.5. The van der Waals surface area contributed by atoms with Crippen LogP contribution in [0.4, 0.5) is 17.1 Å². The highest BCUT2D eigenvalue weighted by Gasteiger charge is 2.20. The molecule has 5 nitrogen and oxygen atoms in total. The molecule has 6 heteroatoms. The summed E-state index contributed by atoms with van der Waals surface area (Å²) in [6, 6.07) is 79.3. The minimum absolute atomic E-state index is 0.630. The van der Waals surface area contributed by atoms with Gasteiger partial charge in [0.1, 0.15) is 0 Å². The maximum Gasteiger partial charge on any atom is 0.164 e. The molecule has 0 fully saturated rings. The van der Waals surface area contributed by atoms with Crippen molar-refractivity contribution in [1.29, 1.82) is 0 Å². The minimum Gasteiger partial charge on any atom is -0.309 e. The Morgan fingerprint density at radius 1 is 0.365 bits per heavy atom. The van der Waals surface area contributed by atoms with E-state index in [2.05, 4.69) is 173 Å². The molecule has 0 aliphatic rings. The maximum atomic E-state index is 5.00. The predicted octanol–water partition coefficient (Wildman–Crippen LogP) is 15.5. The first-order valence-corrected chi connectivity index (χ1v) is 21.9. The Labute approximate surface area is 368 Å². The summed E-state index contributed by atoms with van der Waals surface area (Å²) in [6.45, 7) is 0. The van der Waals surface area contributed by atoms with E-state index in [1.165, 1.54) is 36.6 Å². The van der Waals surface area contributed by atoms with Gasteiger partial charge in [0.2, 0.25) is 0 Å². The van der Waals surface area contributed by atoms with Crippen LogP contribution in [0.3, 0.4) is 0 Å². The first-order valence-electron chi connectivity index (χ1n) is 21.1. The summed E-state index contributed by atoms with van der Waals surface area (Å²) in [5.41, 5.74) is 11.9. The van der Waals surface area contributed by atoms with Crippen molar-refractivity contribution in [2.24, 2.45) is 0 Å². The van der Waals surface area contributed by atoms with E-state index in [1.54, 1.807) is 0 Å². The molecule has 0 aliphatic heterocycles. The van der Waals surface area contributed by atoms with Gasteiger partial charge in [0.15, 0.2) is 17.5 Å². The molecule has 12 aromatic rings. The van der Waals surface area contributed by atoms with Crippen LogP contribution in [-0.2, 0) is 0 Å². The number of nitrogens with zero attached hydrogens (tertiary/aromatic N) is 5. The van der Waals surface area contributed by atoms with Crippen molar-refractivity contribution in [1.82, 2.24) is 19.5 Å². The van der Waals surface area contributed by atoms with E-state index < -0.39 is 0 Å². The maximum absolute atomic E-state index is 5.00. The van der Waals surface area contributed by atoms with Crippen LogP contribution in [0, 0.1) is 0 Å². The molecule has 0 saturated heterocycles. The zero-order valence-corrected chi connectivity index (χ0v) is 34.8. The number of hydrogen-bond donors (Lipinski definition) is 0. The average Bonchev–Trinajstić information content (AvgIpc) is 3.92. The van der Waals surface area contributed by atoms with Gasteiger partial charge in [-0.2, -0.15) is 0 Å². The van der Waals surface area contributed by atoms with Gasteiger partial charge in [-0.25, -0.2) is 15.0 Å².